The zero-order chi connectivity index (χ0) is 17.2. The number of rotatable bonds is 5. The van der Waals surface area contributed by atoms with E-state index in [-0.39, 0.29) is 0 Å². The van der Waals surface area contributed by atoms with E-state index in [0.717, 1.165) is 28.0 Å². The Morgan fingerprint density at radius 3 is 2.52 bits per heavy atom. The second-order valence-electron chi connectivity index (χ2n) is 5.57. The predicted octanol–water partition coefficient (Wildman–Crippen LogP) is 3.76. The van der Waals surface area contributed by atoms with E-state index in [0.29, 0.717) is 18.3 Å². The third-order valence-electron chi connectivity index (χ3n) is 4.05. The van der Waals surface area contributed by atoms with E-state index in [1.807, 2.05) is 48.7 Å². The van der Waals surface area contributed by atoms with E-state index < -0.39 is 0 Å². The van der Waals surface area contributed by atoms with Crippen molar-refractivity contribution in [2.45, 2.75) is 6.54 Å². The highest BCUT2D eigenvalue weighted by atomic mass is 16.5. The van der Waals surface area contributed by atoms with Gasteiger partial charge in [0.2, 0.25) is 0 Å². The first-order valence-electron chi connectivity index (χ1n) is 7.86. The summed E-state index contributed by atoms with van der Waals surface area (Å²) in [6.45, 7) is 0.686. The van der Waals surface area contributed by atoms with Gasteiger partial charge in [-0.25, -0.2) is 0 Å². The molecule has 1 aromatic carbocycles. The normalized spacial score (nSPS) is 11.0. The van der Waals surface area contributed by atoms with Gasteiger partial charge in [-0.15, -0.1) is 0 Å². The molecule has 6 heteroatoms. The lowest BCUT2D eigenvalue weighted by Crippen LogP contribution is -2.02. The summed E-state index contributed by atoms with van der Waals surface area (Å²) in [5.41, 5.74) is 2.67. The van der Waals surface area contributed by atoms with Crippen molar-refractivity contribution in [3.63, 3.8) is 0 Å². The fraction of sp³-hybridized carbons (Fsp3) is 0.158. The molecule has 0 spiro atoms. The SMILES string of the molecule is COc1ccc(Cn2ccc3c(-c4ccco4)nc(OC)nc32)cc1. The lowest BCUT2D eigenvalue weighted by Gasteiger charge is -2.08. The molecule has 0 aliphatic heterocycles. The molecule has 0 saturated carbocycles. The van der Waals surface area contributed by atoms with Gasteiger partial charge in [0.05, 0.1) is 20.5 Å². The van der Waals surface area contributed by atoms with Crippen molar-refractivity contribution in [3.05, 3.63) is 60.5 Å². The zero-order valence-electron chi connectivity index (χ0n) is 14.0. The average Bonchev–Trinajstić information content (AvgIpc) is 3.32. The van der Waals surface area contributed by atoms with Crippen molar-refractivity contribution in [1.82, 2.24) is 14.5 Å². The van der Waals surface area contributed by atoms with Crippen LogP contribution in [-0.2, 0) is 6.54 Å². The van der Waals surface area contributed by atoms with Crippen molar-refractivity contribution in [2.24, 2.45) is 0 Å². The third kappa shape index (κ3) is 2.82. The van der Waals surface area contributed by atoms with Gasteiger partial charge in [-0.1, -0.05) is 12.1 Å². The molecule has 0 radical (unpaired) electrons. The number of methoxy groups -OCH3 is 2. The molecule has 0 unspecified atom stereocenters. The first kappa shape index (κ1) is 15.3. The third-order valence-corrected chi connectivity index (χ3v) is 4.05. The number of ether oxygens (including phenoxy) is 2. The molecule has 0 N–H and O–H groups in total. The van der Waals surface area contributed by atoms with Crippen LogP contribution in [0.3, 0.4) is 0 Å². The largest absolute Gasteiger partial charge is 0.497 e. The molecule has 6 nitrogen and oxygen atoms in total. The van der Waals surface area contributed by atoms with Gasteiger partial charge in [-0.05, 0) is 35.9 Å². The summed E-state index contributed by atoms with van der Waals surface area (Å²) in [5.74, 6) is 1.53. The van der Waals surface area contributed by atoms with Gasteiger partial charge < -0.3 is 18.5 Å². The molecule has 0 fully saturated rings. The Bertz CT molecular complexity index is 989. The van der Waals surface area contributed by atoms with Crippen LogP contribution in [0.25, 0.3) is 22.5 Å². The minimum Gasteiger partial charge on any atom is -0.497 e. The Morgan fingerprint density at radius 1 is 1.00 bits per heavy atom. The van der Waals surface area contributed by atoms with Crippen LogP contribution in [0.1, 0.15) is 5.56 Å². The first-order valence-corrected chi connectivity index (χ1v) is 7.86. The molecule has 3 aromatic heterocycles. The van der Waals surface area contributed by atoms with E-state index in [9.17, 15) is 0 Å². The summed E-state index contributed by atoms with van der Waals surface area (Å²) in [5, 5.41) is 0.921. The van der Waals surface area contributed by atoms with Crippen LogP contribution in [0.2, 0.25) is 0 Å². The Hall–Kier alpha value is -3.28. The van der Waals surface area contributed by atoms with Gasteiger partial charge in [0.25, 0.3) is 0 Å². The van der Waals surface area contributed by atoms with Crippen molar-refractivity contribution in [2.75, 3.05) is 14.2 Å². The van der Waals surface area contributed by atoms with Crippen LogP contribution in [0.4, 0.5) is 0 Å². The van der Waals surface area contributed by atoms with Crippen LogP contribution >= 0.6 is 0 Å². The van der Waals surface area contributed by atoms with E-state index in [1.54, 1.807) is 20.5 Å². The van der Waals surface area contributed by atoms with E-state index >= 15 is 0 Å². The molecule has 0 aliphatic carbocycles. The highest BCUT2D eigenvalue weighted by Gasteiger charge is 2.15. The van der Waals surface area contributed by atoms with Gasteiger partial charge in [0, 0.05) is 18.1 Å². The smallest absolute Gasteiger partial charge is 0.318 e. The molecule has 0 amide bonds. The number of hydrogen-bond donors (Lipinski definition) is 0. The Labute approximate surface area is 144 Å². The zero-order valence-corrected chi connectivity index (χ0v) is 14.0. The summed E-state index contributed by atoms with van der Waals surface area (Å²) in [7, 11) is 3.22. The lowest BCUT2D eigenvalue weighted by molar-refractivity contribution is 0.381. The summed E-state index contributed by atoms with van der Waals surface area (Å²) >= 11 is 0. The van der Waals surface area contributed by atoms with E-state index in [2.05, 4.69) is 14.5 Å². The van der Waals surface area contributed by atoms with Crippen LogP contribution in [0.15, 0.2) is 59.3 Å². The van der Waals surface area contributed by atoms with Crippen LogP contribution < -0.4 is 9.47 Å². The highest BCUT2D eigenvalue weighted by molar-refractivity contribution is 5.90. The second kappa shape index (κ2) is 6.32. The highest BCUT2D eigenvalue weighted by Crippen LogP contribution is 2.29. The van der Waals surface area contributed by atoms with E-state index in [4.69, 9.17) is 13.9 Å². The van der Waals surface area contributed by atoms with Gasteiger partial charge in [-0.3, -0.25) is 0 Å². The van der Waals surface area contributed by atoms with Crippen molar-refractivity contribution in [1.29, 1.82) is 0 Å². The maximum absolute atomic E-state index is 5.51. The Kier molecular flexibility index (Phi) is 3.85. The maximum atomic E-state index is 5.51. The first-order chi connectivity index (χ1) is 12.3. The maximum Gasteiger partial charge on any atom is 0.318 e. The fourth-order valence-corrected chi connectivity index (χ4v) is 2.79. The predicted molar refractivity (Wildman–Crippen MR) is 93.9 cm³/mol. The molecule has 4 aromatic rings. The van der Waals surface area contributed by atoms with Crippen molar-refractivity contribution >= 4 is 11.0 Å². The molecular formula is C19H17N3O3. The Morgan fingerprint density at radius 2 is 1.84 bits per heavy atom. The summed E-state index contributed by atoms with van der Waals surface area (Å²) < 4.78 is 18.1. The standard InChI is InChI=1S/C19H17N3O3/c1-23-14-7-5-13(6-8-14)12-22-10-9-15-17(16-4-3-11-25-16)20-19(24-2)21-18(15)22/h3-11H,12H2,1-2H3. The second-order valence-corrected chi connectivity index (χ2v) is 5.57. The molecule has 25 heavy (non-hydrogen) atoms. The number of benzene rings is 1. The van der Waals surface area contributed by atoms with Crippen LogP contribution in [0, 0.1) is 0 Å². The lowest BCUT2D eigenvalue weighted by atomic mass is 10.2. The van der Waals surface area contributed by atoms with Crippen LogP contribution in [0.5, 0.6) is 11.8 Å². The van der Waals surface area contributed by atoms with Gasteiger partial charge >= 0.3 is 6.01 Å². The fourth-order valence-electron chi connectivity index (χ4n) is 2.79. The van der Waals surface area contributed by atoms with Gasteiger partial charge in [0.15, 0.2) is 5.76 Å². The van der Waals surface area contributed by atoms with Gasteiger partial charge in [0.1, 0.15) is 17.1 Å². The molecule has 4 rings (SSSR count). The number of fused-ring (bicyclic) bond motifs is 1. The van der Waals surface area contributed by atoms with Crippen molar-refractivity contribution < 1.29 is 13.9 Å². The van der Waals surface area contributed by atoms with Crippen LogP contribution in [-0.4, -0.2) is 28.8 Å². The quantitative estimate of drug-likeness (QED) is 0.556. The van der Waals surface area contributed by atoms with E-state index in [1.165, 1.54) is 0 Å². The summed E-state index contributed by atoms with van der Waals surface area (Å²) in [6.07, 6.45) is 3.62. The number of aromatic nitrogens is 3. The minimum absolute atomic E-state index is 0.314. The summed E-state index contributed by atoms with van der Waals surface area (Å²) in [6, 6.07) is 14.0. The molecule has 3 heterocycles. The molecule has 0 saturated heterocycles. The Balaban J connectivity index is 1.78. The number of hydrogen-bond acceptors (Lipinski definition) is 5. The molecular weight excluding hydrogens is 318 g/mol. The summed E-state index contributed by atoms with van der Waals surface area (Å²) in [4.78, 5) is 8.97. The molecule has 0 atom stereocenters. The number of furan rings is 1. The molecule has 126 valence electrons. The average molecular weight is 335 g/mol. The number of nitrogens with zero attached hydrogens (tertiary/aromatic N) is 3. The molecule has 0 bridgehead atoms. The minimum atomic E-state index is 0.314. The monoisotopic (exact) mass is 335 g/mol. The molecule has 0 aliphatic rings. The topological polar surface area (TPSA) is 62.3 Å². The van der Waals surface area contributed by atoms with Crippen molar-refractivity contribution in [3.8, 4) is 23.2 Å². The van der Waals surface area contributed by atoms with Gasteiger partial charge in [-0.2, -0.15) is 9.97 Å².